The second kappa shape index (κ2) is 7.06. The number of carbonyl (C=O) groups excluding carboxylic acids is 1. The predicted octanol–water partition coefficient (Wildman–Crippen LogP) is 5.22. The average Bonchev–Trinajstić information content (AvgIpc) is 3.42. The smallest absolute Gasteiger partial charge is 0.270 e. The average molecular weight is 425 g/mol. The van der Waals surface area contributed by atoms with Gasteiger partial charge in [-0.25, -0.2) is 4.39 Å². The number of halogens is 1. The van der Waals surface area contributed by atoms with Gasteiger partial charge >= 0.3 is 0 Å². The van der Waals surface area contributed by atoms with Crippen molar-refractivity contribution in [3.05, 3.63) is 71.1 Å². The molecule has 1 saturated heterocycles. The lowest BCUT2D eigenvalue weighted by molar-refractivity contribution is -0.113. The summed E-state index contributed by atoms with van der Waals surface area (Å²) in [6.45, 7) is 0.153. The Kier molecular flexibility index (Phi) is 4.37. The molecule has 0 bridgehead atoms. The van der Waals surface area contributed by atoms with Gasteiger partial charge in [0.1, 0.15) is 17.3 Å². The number of hydrogen-bond acceptors (Lipinski definition) is 6. The summed E-state index contributed by atoms with van der Waals surface area (Å²) in [7, 11) is 0. The monoisotopic (exact) mass is 425 g/mol. The molecule has 8 heteroatoms. The van der Waals surface area contributed by atoms with E-state index in [-0.39, 0.29) is 18.5 Å². The van der Waals surface area contributed by atoms with Crippen molar-refractivity contribution in [1.82, 2.24) is 0 Å². The highest BCUT2D eigenvalue weighted by molar-refractivity contribution is 8.27. The Morgan fingerprint density at radius 2 is 1.90 bits per heavy atom. The first-order valence-electron chi connectivity index (χ1n) is 8.62. The van der Waals surface area contributed by atoms with Crippen LogP contribution in [0.1, 0.15) is 5.76 Å². The maximum atomic E-state index is 14.0. The van der Waals surface area contributed by atoms with E-state index in [0.29, 0.717) is 43.5 Å². The third-order valence-corrected chi connectivity index (χ3v) is 5.75. The Labute approximate surface area is 174 Å². The minimum Gasteiger partial charge on any atom is -0.457 e. The summed E-state index contributed by atoms with van der Waals surface area (Å²) in [4.78, 5) is 14.8. The van der Waals surface area contributed by atoms with Gasteiger partial charge in [0.25, 0.3) is 5.91 Å². The van der Waals surface area contributed by atoms with E-state index in [2.05, 4.69) is 0 Å². The molecular formula is C21H12FNO4S2. The lowest BCUT2D eigenvalue weighted by atomic mass is 10.1. The molecule has 0 aliphatic carbocycles. The molecule has 29 heavy (non-hydrogen) atoms. The third kappa shape index (κ3) is 3.20. The molecule has 2 aliphatic heterocycles. The van der Waals surface area contributed by atoms with Crippen molar-refractivity contribution in [3.8, 4) is 22.8 Å². The van der Waals surface area contributed by atoms with Gasteiger partial charge in [0.15, 0.2) is 15.8 Å². The summed E-state index contributed by atoms with van der Waals surface area (Å²) in [6.07, 6.45) is 1.61. The fourth-order valence-electron chi connectivity index (χ4n) is 3.08. The molecule has 0 atom stereocenters. The van der Waals surface area contributed by atoms with Crippen molar-refractivity contribution < 1.29 is 23.1 Å². The second-order valence-electron chi connectivity index (χ2n) is 6.24. The van der Waals surface area contributed by atoms with Crippen molar-refractivity contribution in [2.45, 2.75) is 0 Å². The zero-order chi connectivity index (χ0) is 20.0. The lowest BCUT2D eigenvalue weighted by Crippen LogP contribution is -2.27. The highest BCUT2D eigenvalue weighted by atomic mass is 32.2. The number of thioether (sulfide) groups is 1. The standard InChI is InChI=1S/C21H12FNO4S2/c22-15-4-2-1-3-14(15)16-8-6-13(27-16)10-19-20(24)23(21(28)29-19)12-5-7-17-18(9-12)26-11-25-17/h1-10H,11H2. The number of hydrogen-bond donors (Lipinski definition) is 0. The van der Waals surface area contributed by atoms with E-state index in [1.807, 2.05) is 0 Å². The highest BCUT2D eigenvalue weighted by Crippen LogP contribution is 2.41. The Balaban J connectivity index is 1.43. The number of furan rings is 1. The van der Waals surface area contributed by atoms with Crippen LogP contribution >= 0.6 is 24.0 Å². The molecule has 0 N–H and O–H groups in total. The molecule has 0 saturated carbocycles. The van der Waals surface area contributed by atoms with Crippen LogP contribution in [0.3, 0.4) is 0 Å². The van der Waals surface area contributed by atoms with E-state index in [1.165, 1.54) is 22.7 Å². The molecule has 144 valence electrons. The first-order chi connectivity index (χ1) is 14.1. The van der Waals surface area contributed by atoms with Crippen LogP contribution in [-0.2, 0) is 4.79 Å². The van der Waals surface area contributed by atoms with Gasteiger partial charge in [-0.3, -0.25) is 9.69 Å². The minimum absolute atomic E-state index is 0.153. The number of anilines is 1. The number of rotatable bonds is 3. The van der Waals surface area contributed by atoms with Gasteiger partial charge in [-0.1, -0.05) is 36.1 Å². The van der Waals surface area contributed by atoms with E-state index < -0.39 is 0 Å². The molecule has 0 unspecified atom stereocenters. The van der Waals surface area contributed by atoms with Crippen LogP contribution in [0.2, 0.25) is 0 Å². The van der Waals surface area contributed by atoms with Gasteiger partial charge in [-0.05, 0) is 36.4 Å². The van der Waals surface area contributed by atoms with Crippen molar-refractivity contribution in [2.24, 2.45) is 0 Å². The molecule has 2 aliphatic rings. The number of thiocarbonyl (C=S) groups is 1. The van der Waals surface area contributed by atoms with Gasteiger partial charge < -0.3 is 13.9 Å². The molecule has 5 nitrogen and oxygen atoms in total. The maximum absolute atomic E-state index is 14.0. The SMILES string of the molecule is O=C1C(=Cc2ccc(-c3ccccc3F)o2)SC(=S)N1c1ccc2c(c1)OCO2. The molecular weight excluding hydrogens is 413 g/mol. The number of ether oxygens (including phenoxy) is 2. The van der Waals surface area contributed by atoms with E-state index in [9.17, 15) is 9.18 Å². The van der Waals surface area contributed by atoms with Crippen LogP contribution in [0.5, 0.6) is 11.5 Å². The van der Waals surface area contributed by atoms with Crippen LogP contribution in [0.15, 0.2) is 63.9 Å². The number of amides is 1. The Hall–Kier alpha value is -3.10. The van der Waals surface area contributed by atoms with E-state index in [4.69, 9.17) is 26.1 Å². The maximum Gasteiger partial charge on any atom is 0.270 e. The van der Waals surface area contributed by atoms with Crippen molar-refractivity contribution in [1.29, 1.82) is 0 Å². The quantitative estimate of drug-likeness (QED) is 0.424. The van der Waals surface area contributed by atoms with Crippen molar-refractivity contribution >= 4 is 46.0 Å². The second-order valence-corrected chi connectivity index (χ2v) is 7.91. The summed E-state index contributed by atoms with van der Waals surface area (Å²) in [5.41, 5.74) is 0.965. The zero-order valence-corrected chi connectivity index (χ0v) is 16.4. The molecule has 1 fully saturated rings. The van der Waals surface area contributed by atoms with E-state index in [0.717, 1.165) is 0 Å². The first-order valence-corrected chi connectivity index (χ1v) is 9.85. The molecule has 1 aromatic heterocycles. The fourth-order valence-corrected chi connectivity index (χ4v) is 4.36. The normalized spacial score (nSPS) is 16.9. The summed E-state index contributed by atoms with van der Waals surface area (Å²) >= 11 is 6.57. The highest BCUT2D eigenvalue weighted by Gasteiger charge is 2.34. The Morgan fingerprint density at radius 3 is 2.76 bits per heavy atom. The number of benzene rings is 2. The zero-order valence-electron chi connectivity index (χ0n) is 14.8. The predicted molar refractivity (Wildman–Crippen MR) is 112 cm³/mol. The first kappa shape index (κ1) is 18.0. The van der Waals surface area contributed by atoms with Crippen LogP contribution in [0.25, 0.3) is 17.4 Å². The Bertz CT molecular complexity index is 1190. The minimum atomic E-state index is -0.373. The van der Waals surface area contributed by atoms with Crippen LogP contribution in [0, 0.1) is 5.82 Å². The van der Waals surface area contributed by atoms with Gasteiger partial charge in [0.2, 0.25) is 6.79 Å². The number of nitrogens with zero attached hydrogens (tertiary/aromatic N) is 1. The molecule has 0 radical (unpaired) electrons. The molecule has 1 amide bonds. The van der Waals surface area contributed by atoms with E-state index in [1.54, 1.807) is 54.6 Å². The van der Waals surface area contributed by atoms with Gasteiger partial charge in [-0.15, -0.1) is 0 Å². The van der Waals surface area contributed by atoms with Gasteiger partial charge in [0, 0.05) is 12.1 Å². The molecule has 0 spiro atoms. The number of carbonyl (C=O) groups is 1. The largest absolute Gasteiger partial charge is 0.457 e. The third-order valence-electron chi connectivity index (χ3n) is 4.45. The van der Waals surface area contributed by atoms with Crippen molar-refractivity contribution in [2.75, 3.05) is 11.7 Å². The van der Waals surface area contributed by atoms with Gasteiger partial charge in [-0.2, -0.15) is 0 Å². The molecule has 3 aromatic rings. The summed E-state index contributed by atoms with van der Waals surface area (Å²) < 4.78 is 30.8. The van der Waals surface area contributed by atoms with Crippen molar-refractivity contribution in [3.63, 3.8) is 0 Å². The topological polar surface area (TPSA) is 51.9 Å². The molecule has 2 aromatic carbocycles. The Morgan fingerprint density at radius 1 is 1.07 bits per heavy atom. The molecule has 3 heterocycles. The van der Waals surface area contributed by atoms with E-state index >= 15 is 0 Å². The summed E-state index contributed by atoms with van der Waals surface area (Å²) in [6, 6.07) is 14.9. The van der Waals surface area contributed by atoms with Gasteiger partial charge in [0.05, 0.1) is 16.2 Å². The fraction of sp³-hybridized carbons (Fsp3) is 0.0476. The number of fused-ring (bicyclic) bond motifs is 1. The molecule has 5 rings (SSSR count). The van der Waals surface area contributed by atoms with Crippen LogP contribution in [-0.4, -0.2) is 17.0 Å². The summed E-state index contributed by atoms with van der Waals surface area (Å²) in [5.74, 6) is 1.40. The lowest BCUT2D eigenvalue weighted by Gasteiger charge is -2.14. The van der Waals surface area contributed by atoms with Crippen LogP contribution in [0.4, 0.5) is 10.1 Å². The summed E-state index contributed by atoms with van der Waals surface area (Å²) in [5, 5.41) is 0. The van der Waals surface area contributed by atoms with Crippen LogP contribution < -0.4 is 14.4 Å².